The molecule has 1 aliphatic rings. The number of sulfone groups is 1. The summed E-state index contributed by atoms with van der Waals surface area (Å²) in [5.74, 6) is -0.287. The van der Waals surface area contributed by atoms with Crippen molar-refractivity contribution in [2.45, 2.75) is 18.9 Å². The molecule has 21 heavy (non-hydrogen) atoms. The highest BCUT2D eigenvalue weighted by molar-refractivity contribution is 7.91. The minimum atomic E-state index is -2.94. The highest BCUT2D eigenvalue weighted by Crippen LogP contribution is 2.31. The van der Waals surface area contributed by atoms with Crippen LogP contribution in [0, 0.1) is 0 Å². The van der Waals surface area contributed by atoms with E-state index in [2.05, 4.69) is 5.32 Å². The van der Waals surface area contributed by atoms with E-state index >= 15 is 0 Å². The number of methoxy groups -OCH3 is 1. The average molecular weight is 333 g/mol. The van der Waals surface area contributed by atoms with E-state index in [4.69, 9.17) is 22.1 Å². The molecular formula is C13H17ClN2O4S. The fourth-order valence-electron chi connectivity index (χ4n) is 2.28. The molecule has 2 rings (SSSR count). The Morgan fingerprint density at radius 2 is 2.00 bits per heavy atom. The van der Waals surface area contributed by atoms with E-state index in [0.29, 0.717) is 29.2 Å². The molecule has 0 radical (unpaired) electrons. The number of carbonyl (C=O) groups excluding carboxylic acids is 1. The molecule has 0 bridgehead atoms. The molecule has 8 heteroatoms. The van der Waals surface area contributed by atoms with Gasteiger partial charge in [-0.15, -0.1) is 0 Å². The number of ether oxygens (including phenoxy) is 1. The van der Waals surface area contributed by atoms with Crippen molar-refractivity contribution in [2.24, 2.45) is 0 Å². The maximum absolute atomic E-state index is 11.8. The van der Waals surface area contributed by atoms with Gasteiger partial charge in [0.2, 0.25) is 0 Å². The van der Waals surface area contributed by atoms with Gasteiger partial charge in [0.05, 0.1) is 34.9 Å². The number of nitrogens with one attached hydrogen (secondary N) is 1. The van der Waals surface area contributed by atoms with E-state index < -0.39 is 15.8 Å². The van der Waals surface area contributed by atoms with Gasteiger partial charge in [0.25, 0.3) is 0 Å². The number of nitrogen functional groups attached to an aromatic ring is 1. The fourth-order valence-corrected chi connectivity index (χ4v) is 4.06. The van der Waals surface area contributed by atoms with Crippen LogP contribution in [-0.2, 0) is 14.6 Å². The number of esters is 1. The summed E-state index contributed by atoms with van der Waals surface area (Å²) in [5.41, 5.74) is 6.73. The third-order valence-electron chi connectivity index (χ3n) is 3.42. The molecule has 0 amide bonds. The van der Waals surface area contributed by atoms with Crippen LogP contribution >= 0.6 is 11.6 Å². The first-order valence-corrected chi connectivity index (χ1v) is 8.66. The smallest absolute Gasteiger partial charge is 0.340 e. The van der Waals surface area contributed by atoms with Crippen LogP contribution in [0.1, 0.15) is 23.2 Å². The van der Waals surface area contributed by atoms with Crippen LogP contribution in [0.4, 0.5) is 11.4 Å². The Morgan fingerprint density at radius 1 is 1.38 bits per heavy atom. The lowest BCUT2D eigenvalue weighted by Gasteiger charge is -2.25. The van der Waals surface area contributed by atoms with Crippen molar-refractivity contribution in [1.29, 1.82) is 0 Å². The van der Waals surface area contributed by atoms with Gasteiger partial charge >= 0.3 is 5.97 Å². The normalized spacial score (nSPS) is 18.2. The van der Waals surface area contributed by atoms with Crippen molar-refractivity contribution in [1.82, 2.24) is 0 Å². The SMILES string of the molecule is COC(=O)c1cc(N)cc(Cl)c1NC1CCS(=O)(=O)CC1. The first-order chi connectivity index (χ1) is 9.82. The Kier molecular flexibility index (Phi) is 4.63. The number of anilines is 2. The molecule has 1 aromatic carbocycles. The Balaban J connectivity index is 2.25. The Morgan fingerprint density at radius 3 is 2.57 bits per heavy atom. The van der Waals surface area contributed by atoms with Crippen LogP contribution < -0.4 is 11.1 Å². The van der Waals surface area contributed by atoms with E-state index in [9.17, 15) is 13.2 Å². The van der Waals surface area contributed by atoms with Crippen molar-refractivity contribution in [3.8, 4) is 0 Å². The number of nitrogens with two attached hydrogens (primary N) is 1. The van der Waals surface area contributed by atoms with Crippen molar-refractivity contribution in [3.05, 3.63) is 22.7 Å². The van der Waals surface area contributed by atoms with Gasteiger partial charge in [-0.25, -0.2) is 13.2 Å². The molecule has 0 atom stereocenters. The van der Waals surface area contributed by atoms with E-state index in [1.165, 1.54) is 19.2 Å². The van der Waals surface area contributed by atoms with E-state index in [0.717, 1.165) is 0 Å². The second-order valence-electron chi connectivity index (χ2n) is 4.99. The molecule has 1 aromatic rings. The number of hydrogen-bond acceptors (Lipinski definition) is 6. The molecule has 1 heterocycles. The van der Waals surface area contributed by atoms with E-state index in [1.807, 2.05) is 0 Å². The van der Waals surface area contributed by atoms with Gasteiger partial charge in [0.1, 0.15) is 9.84 Å². The maximum atomic E-state index is 11.8. The lowest BCUT2D eigenvalue weighted by Crippen LogP contribution is -2.32. The van der Waals surface area contributed by atoms with Crippen LogP contribution in [0.2, 0.25) is 5.02 Å². The van der Waals surface area contributed by atoms with Gasteiger partial charge in [-0.2, -0.15) is 0 Å². The van der Waals surface area contributed by atoms with Gasteiger partial charge in [-0.05, 0) is 25.0 Å². The maximum Gasteiger partial charge on any atom is 0.340 e. The standard InChI is InChI=1S/C13H17ClN2O4S/c1-20-13(17)10-6-8(15)7-11(14)12(10)16-9-2-4-21(18,19)5-3-9/h6-7,9,16H,2-5,15H2,1H3. The topological polar surface area (TPSA) is 98.5 Å². The summed E-state index contributed by atoms with van der Waals surface area (Å²) in [6, 6.07) is 2.97. The predicted molar refractivity (Wildman–Crippen MR) is 82.5 cm³/mol. The zero-order valence-electron chi connectivity index (χ0n) is 11.6. The van der Waals surface area contributed by atoms with Gasteiger partial charge < -0.3 is 15.8 Å². The summed E-state index contributed by atoms with van der Waals surface area (Å²) < 4.78 is 27.6. The summed E-state index contributed by atoms with van der Waals surface area (Å²) in [6.07, 6.45) is 0.952. The van der Waals surface area contributed by atoms with Gasteiger partial charge in [-0.3, -0.25) is 0 Å². The van der Waals surface area contributed by atoms with Crippen LogP contribution in [0.3, 0.4) is 0 Å². The number of hydrogen-bond donors (Lipinski definition) is 2. The summed E-state index contributed by atoms with van der Waals surface area (Å²) in [6.45, 7) is 0. The van der Waals surface area contributed by atoms with E-state index in [1.54, 1.807) is 0 Å². The Bertz CT molecular complexity index is 646. The van der Waals surface area contributed by atoms with Crippen LogP contribution in [0.5, 0.6) is 0 Å². The number of benzene rings is 1. The van der Waals surface area contributed by atoms with E-state index in [-0.39, 0.29) is 23.1 Å². The van der Waals surface area contributed by atoms with Crippen LogP contribution in [-0.4, -0.2) is 39.0 Å². The fraction of sp³-hybridized carbons (Fsp3) is 0.462. The zero-order valence-corrected chi connectivity index (χ0v) is 13.1. The largest absolute Gasteiger partial charge is 0.465 e. The molecule has 1 fully saturated rings. The van der Waals surface area contributed by atoms with Crippen molar-refractivity contribution >= 4 is 38.8 Å². The van der Waals surface area contributed by atoms with Gasteiger partial charge in [-0.1, -0.05) is 11.6 Å². The van der Waals surface area contributed by atoms with Gasteiger partial charge in [0, 0.05) is 11.7 Å². The van der Waals surface area contributed by atoms with Crippen molar-refractivity contribution in [3.63, 3.8) is 0 Å². The minimum Gasteiger partial charge on any atom is -0.465 e. The molecule has 1 saturated heterocycles. The summed E-state index contributed by atoms with van der Waals surface area (Å²) in [5, 5.41) is 3.45. The predicted octanol–water partition coefficient (Wildman–Crippen LogP) is 1.70. The first-order valence-electron chi connectivity index (χ1n) is 6.46. The molecule has 0 unspecified atom stereocenters. The summed E-state index contributed by atoms with van der Waals surface area (Å²) in [4.78, 5) is 11.8. The summed E-state index contributed by atoms with van der Waals surface area (Å²) >= 11 is 6.14. The number of rotatable bonds is 3. The molecule has 116 valence electrons. The molecule has 0 aliphatic carbocycles. The molecule has 3 N–H and O–H groups in total. The van der Waals surface area contributed by atoms with Crippen LogP contribution in [0.25, 0.3) is 0 Å². The highest BCUT2D eigenvalue weighted by atomic mass is 35.5. The third kappa shape index (κ3) is 3.79. The number of halogens is 1. The first kappa shape index (κ1) is 15.9. The second-order valence-corrected chi connectivity index (χ2v) is 7.70. The lowest BCUT2D eigenvalue weighted by molar-refractivity contribution is 0.0602. The van der Waals surface area contributed by atoms with Gasteiger partial charge in [0.15, 0.2) is 0 Å². The average Bonchev–Trinajstić information content (AvgIpc) is 2.42. The molecular weight excluding hydrogens is 316 g/mol. The molecule has 0 saturated carbocycles. The Hall–Kier alpha value is -1.47. The zero-order chi connectivity index (χ0) is 15.6. The lowest BCUT2D eigenvalue weighted by atomic mass is 10.1. The molecule has 0 aromatic heterocycles. The van der Waals surface area contributed by atoms with Crippen molar-refractivity contribution in [2.75, 3.05) is 29.7 Å². The quantitative estimate of drug-likeness (QED) is 0.645. The number of carbonyl (C=O) groups is 1. The third-order valence-corrected chi connectivity index (χ3v) is 5.43. The molecule has 6 nitrogen and oxygen atoms in total. The highest BCUT2D eigenvalue weighted by Gasteiger charge is 2.25. The second kappa shape index (κ2) is 6.11. The van der Waals surface area contributed by atoms with Crippen molar-refractivity contribution < 1.29 is 17.9 Å². The summed E-state index contributed by atoms with van der Waals surface area (Å²) in [7, 11) is -1.67. The molecule has 1 aliphatic heterocycles. The minimum absolute atomic E-state index is 0.0574. The molecule has 0 spiro atoms. The Labute approximate surface area is 128 Å². The monoisotopic (exact) mass is 332 g/mol. The van der Waals surface area contributed by atoms with Crippen LogP contribution in [0.15, 0.2) is 12.1 Å².